The molecule has 0 aromatic carbocycles. The number of piperidine rings is 2. The Kier molecular flexibility index (Phi) is 1.91. The summed E-state index contributed by atoms with van der Waals surface area (Å²) in [6.45, 7) is 2.17. The Balaban J connectivity index is 2.03. The number of hydrogen-bond donors (Lipinski definition) is 1. The van der Waals surface area contributed by atoms with Crippen LogP contribution in [-0.2, 0) is 4.79 Å². The van der Waals surface area contributed by atoms with Gasteiger partial charge >= 0.3 is 0 Å². The molecule has 4 aliphatic rings. The molecule has 1 N–H and O–H groups in total. The number of nitrogens with one attached hydrogen (secondary N) is 1. The van der Waals surface area contributed by atoms with Crippen LogP contribution < -0.4 is 5.32 Å². The maximum Gasteiger partial charge on any atom is 0.228 e. The summed E-state index contributed by atoms with van der Waals surface area (Å²) in [6, 6.07) is 0.461. The van der Waals surface area contributed by atoms with Gasteiger partial charge in [0.25, 0.3) is 0 Å². The van der Waals surface area contributed by atoms with E-state index in [1.54, 1.807) is 0 Å². The Morgan fingerprint density at radius 1 is 1.43 bits per heavy atom. The molecule has 4 fully saturated rings. The number of amides is 1. The molecule has 14 heavy (non-hydrogen) atoms. The molecule has 4 rings (SSSR count). The highest BCUT2D eigenvalue weighted by Crippen LogP contribution is 2.63. The number of carbonyl (C=O) groups is 1. The minimum absolute atomic E-state index is 0.104. The van der Waals surface area contributed by atoms with E-state index in [4.69, 9.17) is 0 Å². The van der Waals surface area contributed by atoms with E-state index < -0.39 is 0 Å². The Morgan fingerprint density at radius 3 is 2.79 bits per heavy atom. The fourth-order valence-corrected chi connectivity index (χ4v) is 6.77. The van der Waals surface area contributed by atoms with Crippen molar-refractivity contribution < 1.29 is 4.79 Å². The van der Waals surface area contributed by atoms with Crippen LogP contribution in [0.4, 0.5) is 0 Å². The van der Waals surface area contributed by atoms with Crippen LogP contribution >= 0.6 is 23.5 Å². The average molecular weight is 229 g/mol. The van der Waals surface area contributed by atoms with Gasteiger partial charge in [-0.3, -0.25) is 4.79 Å². The van der Waals surface area contributed by atoms with Crippen LogP contribution in [0, 0.1) is 5.41 Å². The fraction of sp³-hybridized carbons (Fsp3) is 0.900. The van der Waals surface area contributed by atoms with Gasteiger partial charge in [-0.25, -0.2) is 0 Å². The van der Waals surface area contributed by atoms with E-state index in [9.17, 15) is 4.79 Å². The third-order valence-electron chi connectivity index (χ3n) is 3.94. The zero-order valence-corrected chi connectivity index (χ0v) is 9.97. The van der Waals surface area contributed by atoms with Gasteiger partial charge in [-0.05, 0) is 26.2 Å². The first-order chi connectivity index (χ1) is 6.66. The number of rotatable bonds is 0. The van der Waals surface area contributed by atoms with Gasteiger partial charge in [-0.15, -0.1) is 23.5 Å². The highest BCUT2D eigenvalue weighted by atomic mass is 32.2. The lowest BCUT2D eigenvalue weighted by Gasteiger charge is -2.54. The molecule has 3 heterocycles. The van der Waals surface area contributed by atoms with Crippen LogP contribution in [0.5, 0.6) is 0 Å². The first-order valence-electron chi connectivity index (χ1n) is 5.25. The number of carbonyl (C=O) groups excluding carboxylic acids is 1. The molecule has 1 spiro atoms. The topological polar surface area (TPSA) is 29.1 Å². The summed E-state index contributed by atoms with van der Waals surface area (Å²) in [4.78, 5) is 12.0. The van der Waals surface area contributed by atoms with Crippen molar-refractivity contribution in [1.29, 1.82) is 0 Å². The highest BCUT2D eigenvalue weighted by Gasteiger charge is 2.62. The standard InChI is InChI=1S/C10H15NOS2/c1-9-3-2-7(11-8(9)12)6-10(9)13-4-5-14-10/h7H,2-6H2,1H3,(H,11,12)/t7-,9-/m0/s1. The van der Waals surface area contributed by atoms with E-state index in [0.717, 1.165) is 6.42 Å². The summed E-state index contributed by atoms with van der Waals surface area (Å²) in [5.41, 5.74) is -0.104. The molecular weight excluding hydrogens is 214 g/mol. The maximum atomic E-state index is 12.0. The van der Waals surface area contributed by atoms with Crippen molar-refractivity contribution in [3.05, 3.63) is 0 Å². The zero-order valence-electron chi connectivity index (χ0n) is 8.34. The number of fused-ring (bicyclic) bond motifs is 2. The lowest BCUT2D eigenvalue weighted by Crippen LogP contribution is -2.64. The van der Waals surface area contributed by atoms with E-state index in [2.05, 4.69) is 12.2 Å². The largest absolute Gasteiger partial charge is 0.353 e. The quantitative estimate of drug-likeness (QED) is 0.687. The molecule has 0 aromatic heterocycles. The van der Waals surface area contributed by atoms with Crippen molar-refractivity contribution in [2.24, 2.45) is 5.41 Å². The molecular formula is C10H15NOS2. The minimum Gasteiger partial charge on any atom is -0.353 e. The predicted octanol–water partition coefficient (Wildman–Crippen LogP) is 1.85. The summed E-state index contributed by atoms with van der Waals surface area (Å²) in [5, 5.41) is 3.14. The molecule has 0 aromatic rings. The van der Waals surface area contributed by atoms with E-state index >= 15 is 0 Å². The van der Waals surface area contributed by atoms with Crippen LogP contribution in [0.3, 0.4) is 0 Å². The highest BCUT2D eigenvalue weighted by molar-refractivity contribution is 8.21. The van der Waals surface area contributed by atoms with E-state index in [1.807, 2.05) is 23.5 Å². The number of thioether (sulfide) groups is 2. The van der Waals surface area contributed by atoms with Crippen LogP contribution in [0.2, 0.25) is 0 Å². The van der Waals surface area contributed by atoms with Crippen molar-refractivity contribution in [3.8, 4) is 0 Å². The van der Waals surface area contributed by atoms with Gasteiger partial charge < -0.3 is 5.32 Å². The van der Waals surface area contributed by atoms with E-state index in [0.29, 0.717) is 11.9 Å². The van der Waals surface area contributed by atoms with Crippen LogP contribution in [0.25, 0.3) is 0 Å². The smallest absolute Gasteiger partial charge is 0.228 e. The Hall–Kier alpha value is 0.170. The molecule has 2 nitrogen and oxygen atoms in total. The average Bonchev–Trinajstić information content (AvgIpc) is 2.59. The van der Waals surface area contributed by atoms with E-state index in [-0.39, 0.29) is 9.49 Å². The molecule has 0 radical (unpaired) electrons. The predicted molar refractivity (Wildman–Crippen MR) is 61.5 cm³/mol. The molecule has 1 amide bonds. The van der Waals surface area contributed by atoms with Crippen molar-refractivity contribution in [3.63, 3.8) is 0 Å². The summed E-state index contributed by atoms with van der Waals surface area (Å²) in [6.07, 6.45) is 3.46. The maximum absolute atomic E-state index is 12.0. The van der Waals surface area contributed by atoms with E-state index in [1.165, 1.54) is 24.3 Å². The van der Waals surface area contributed by atoms with Gasteiger partial charge in [0.2, 0.25) is 5.91 Å². The fourth-order valence-electron chi connectivity index (χ4n) is 2.95. The van der Waals surface area contributed by atoms with Gasteiger partial charge in [0.1, 0.15) is 0 Å². The SMILES string of the molecule is C[C@@]12CC[C@@H](CC13SCCS3)NC2=O. The Labute approximate surface area is 93.0 Å². The third kappa shape index (κ3) is 0.990. The third-order valence-corrected chi connectivity index (χ3v) is 7.89. The molecule has 3 aliphatic heterocycles. The lowest BCUT2D eigenvalue weighted by atomic mass is 9.68. The summed E-state index contributed by atoms with van der Waals surface area (Å²) < 4.78 is 0.220. The molecule has 1 saturated carbocycles. The minimum atomic E-state index is -0.104. The monoisotopic (exact) mass is 229 g/mol. The Bertz CT molecular complexity index is 288. The summed E-state index contributed by atoms with van der Waals surface area (Å²) >= 11 is 4.07. The van der Waals surface area contributed by atoms with Crippen molar-refractivity contribution >= 4 is 29.4 Å². The molecule has 0 unspecified atom stereocenters. The van der Waals surface area contributed by atoms with Crippen LogP contribution in [0.15, 0.2) is 0 Å². The molecule has 1 aliphatic carbocycles. The first-order valence-corrected chi connectivity index (χ1v) is 7.22. The van der Waals surface area contributed by atoms with Crippen molar-refractivity contribution in [1.82, 2.24) is 5.32 Å². The van der Waals surface area contributed by atoms with Crippen LogP contribution in [-0.4, -0.2) is 27.5 Å². The summed E-state index contributed by atoms with van der Waals surface area (Å²) in [5.74, 6) is 2.75. The van der Waals surface area contributed by atoms with Gasteiger partial charge in [0.15, 0.2) is 0 Å². The Morgan fingerprint density at radius 2 is 2.14 bits per heavy atom. The van der Waals surface area contributed by atoms with Gasteiger partial charge in [-0.2, -0.15) is 0 Å². The molecule has 3 saturated heterocycles. The second kappa shape index (κ2) is 2.85. The molecule has 2 bridgehead atoms. The normalized spacial score (nSPS) is 44.4. The van der Waals surface area contributed by atoms with Crippen LogP contribution in [0.1, 0.15) is 26.2 Å². The second-order valence-electron chi connectivity index (χ2n) is 4.70. The molecule has 2 atom stereocenters. The van der Waals surface area contributed by atoms with Crippen molar-refractivity contribution in [2.75, 3.05) is 11.5 Å². The van der Waals surface area contributed by atoms with Crippen molar-refractivity contribution in [2.45, 2.75) is 36.3 Å². The van der Waals surface area contributed by atoms with Gasteiger partial charge in [0.05, 0.1) is 9.49 Å². The number of hydrogen-bond acceptors (Lipinski definition) is 3. The van der Waals surface area contributed by atoms with Gasteiger partial charge in [-0.1, -0.05) is 0 Å². The first kappa shape index (κ1) is 9.40. The van der Waals surface area contributed by atoms with Gasteiger partial charge in [0, 0.05) is 17.5 Å². The lowest BCUT2D eigenvalue weighted by molar-refractivity contribution is -0.138. The summed E-state index contributed by atoms with van der Waals surface area (Å²) in [7, 11) is 0. The molecule has 78 valence electrons. The zero-order chi connectivity index (χ0) is 9.81. The molecule has 4 heteroatoms. The second-order valence-corrected chi connectivity index (χ2v) is 7.74.